The van der Waals surface area contributed by atoms with E-state index < -0.39 is 10.0 Å². The van der Waals surface area contributed by atoms with Crippen molar-refractivity contribution in [3.05, 3.63) is 29.3 Å². The maximum Gasteiger partial charge on any atom is 0.240 e. The highest BCUT2D eigenvalue weighted by Gasteiger charge is 2.30. The van der Waals surface area contributed by atoms with Crippen molar-refractivity contribution < 1.29 is 13.2 Å². The lowest BCUT2D eigenvalue weighted by Crippen LogP contribution is -2.36. The van der Waals surface area contributed by atoms with Gasteiger partial charge in [0.05, 0.1) is 4.90 Å². The molecule has 0 radical (unpaired) electrons. The highest BCUT2D eigenvalue weighted by Crippen LogP contribution is 2.17. The van der Waals surface area contributed by atoms with E-state index >= 15 is 0 Å². The normalized spacial score (nSPS) is 20.4. The molecule has 1 aliphatic rings. The molecule has 18 heavy (non-hydrogen) atoms. The Morgan fingerprint density at radius 1 is 1.44 bits per heavy atom. The Bertz CT molecular complexity index is 573. The number of carbonyl (C=O) groups excluding carboxylic acids is 1. The average Bonchev–Trinajstić information content (AvgIpc) is 2.57. The van der Waals surface area contributed by atoms with E-state index in [0.717, 1.165) is 0 Å². The molecule has 2 rings (SSSR count). The highest BCUT2D eigenvalue weighted by molar-refractivity contribution is 7.89. The Labute approximate surface area is 111 Å². The smallest absolute Gasteiger partial charge is 0.240 e. The van der Waals surface area contributed by atoms with Crippen LogP contribution in [0.25, 0.3) is 0 Å². The lowest BCUT2D eigenvalue weighted by molar-refractivity contribution is -0.126. The van der Waals surface area contributed by atoms with Crippen molar-refractivity contribution in [3.63, 3.8) is 0 Å². The van der Waals surface area contributed by atoms with Crippen LogP contribution in [0.5, 0.6) is 0 Å². The minimum Gasteiger partial charge on any atom is -0.344 e. The third kappa shape index (κ3) is 2.82. The second-order valence-corrected chi connectivity index (χ2v) is 6.40. The zero-order chi connectivity index (χ0) is 13.3. The molecular weight excluding hydrogens is 276 g/mol. The molecular formula is C11H13ClN2O3S. The first-order chi connectivity index (χ1) is 8.38. The quantitative estimate of drug-likeness (QED) is 0.897. The fourth-order valence-electron chi connectivity index (χ4n) is 1.86. The topological polar surface area (TPSA) is 66.5 Å². The van der Waals surface area contributed by atoms with Gasteiger partial charge in [-0.1, -0.05) is 17.7 Å². The number of rotatable bonds is 3. The third-order valence-electron chi connectivity index (χ3n) is 2.77. The molecule has 5 nitrogen and oxygen atoms in total. The second kappa shape index (κ2) is 4.87. The molecule has 0 saturated carbocycles. The van der Waals surface area contributed by atoms with Gasteiger partial charge in [-0.3, -0.25) is 4.79 Å². The summed E-state index contributed by atoms with van der Waals surface area (Å²) in [7, 11) is -1.98. The zero-order valence-corrected chi connectivity index (χ0v) is 11.3. The summed E-state index contributed by atoms with van der Waals surface area (Å²) in [6.07, 6.45) is 0.191. The number of hydrogen-bond donors (Lipinski definition) is 1. The number of likely N-dealkylation sites (tertiary alicyclic amines) is 1. The standard InChI is InChI=1S/C11H13ClN2O3S/c1-14-7-9(6-11(14)15)13-18(16,17)10-4-2-3-8(12)5-10/h2-5,9,13H,6-7H2,1H3. The van der Waals surface area contributed by atoms with E-state index in [2.05, 4.69) is 4.72 Å². The Kier molecular flexibility index (Phi) is 3.61. The van der Waals surface area contributed by atoms with Gasteiger partial charge in [0.25, 0.3) is 0 Å². The van der Waals surface area contributed by atoms with Crippen molar-refractivity contribution >= 4 is 27.5 Å². The first-order valence-electron chi connectivity index (χ1n) is 5.40. The molecule has 1 aromatic carbocycles. The second-order valence-electron chi connectivity index (χ2n) is 4.25. The van der Waals surface area contributed by atoms with Gasteiger partial charge >= 0.3 is 0 Å². The van der Waals surface area contributed by atoms with Gasteiger partial charge in [-0.25, -0.2) is 13.1 Å². The Morgan fingerprint density at radius 3 is 2.72 bits per heavy atom. The van der Waals surface area contributed by atoms with Gasteiger partial charge in [0, 0.05) is 31.1 Å². The number of amides is 1. The van der Waals surface area contributed by atoms with Crippen LogP contribution < -0.4 is 4.72 Å². The number of nitrogens with zero attached hydrogens (tertiary/aromatic N) is 1. The first-order valence-corrected chi connectivity index (χ1v) is 7.26. The van der Waals surface area contributed by atoms with E-state index in [1.54, 1.807) is 19.2 Å². The summed E-state index contributed by atoms with van der Waals surface area (Å²) in [5, 5.41) is 0.359. The number of nitrogens with one attached hydrogen (secondary N) is 1. The number of benzene rings is 1. The number of sulfonamides is 1. The summed E-state index contributed by atoms with van der Waals surface area (Å²) in [6, 6.07) is 5.64. The van der Waals surface area contributed by atoms with Crippen LogP contribution >= 0.6 is 11.6 Å². The summed E-state index contributed by atoms with van der Waals surface area (Å²) in [6.45, 7) is 0.388. The maximum absolute atomic E-state index is 12.1. The fourth-order valence-corrected chi connectivity index (χ4v) is 3.39. The van der Waals surface area contributed by atoms with Crippen LogP contribution in [0.1, 0.15) is 6.42 Å². The third-order valence-corrected chi connectivity index (χ3v) is 4.52. The van der Waals surface area contributed by atoms with Crippen molar-refractivity contribution in [1.29, 1.82) is 0 Å². The zero-order valence-electron chi connectivity index (χ0n) is 9.76. The van der Waals surface area contributed by atoms with Crippen LogP contribution in [-0.2, 0) is 14.8 Å². The number of halogens is 1. The molecule has 7 heteroatoms. The van der Waals surface area contributed by atoms with Crippen LogP contribution in [0.3, 0.4) is 0 Å². The molecule has 1 fully saturated rings. The average molecular weight is 289 g/mol. The minimum atomic E-state index is -3.63. The molecule has 1 heterocycles. The van der Waals surface area contributed by atoms with Gasteiger partial charge in [0.1, 0.15) is 0 Å². The number of likely N-dealkylation sites (N-methyl/N-ethyl adjacent to an activating group) is 1. The first kappa shape index (κ1) is 13.3. The van der Waals surface area contributed by atoms with Crippen molar-refractivity contribution in [2.24, 2.45) is 0 Å². The summed E-state index contributed by atoms with van der Waals surface area (Å²) >= 11 is 5.76. The molecule has 0 aromatic heterocycles. The summed E-state index contributed by atoms with van der Waals surface area (Å²) in [4.78, 5) is 12.9. The van der Waals surface area contributed by atoms with Gasteiger partial charge in [0.2, 0.25) is 15.9 Å². The van der Waals surface area contributed by atoms with E-state index in [1.807, 2.05) is 0 Å². The van der Waals surface area contributed by atoms with Gasteiger partial charge in [0.15, 0.2) is 0 Å². The SMILES string of the molecule is CN1CC(NS(=O)(=O)c2cccc(Cl)c2)CC1=O. The summed E-state index contributed by atoms with van der Waals surface area (Å²) < 4.78 is 26.6. The lowest BCUT2D eigenvalue weighted by atomic mass is 10.3. The molecule has 1 unspecified atom stereocenters. The van der Waals surface area contributed by atoms with Gasteiger partial charge < -0.3 is 4.90 Å². The summed E-state index contributed by atoms with van der Waals surface area (Å²) in [5.74, 6) is -0.0613. The van der Waals surface area contributed by atoms with Crippen LogP contribution in [0.4, 0.5) is 0 Å². The van der Waals surface area contributed by atoms with E-state index in [4.69, 9.17) is 11.6 Å². The highest BCUT2D eigenvalue weighted by atomic mass is 35.5. The van der Waals surface area contributed by atoms with Gasteiger partial charge in [-0.05, 0) is 18.2 Å². The minimum absolute atomic E-state index is 0.0613. The Balaban J connectivity index is 2.16. The molecule has 98 valence electrons. The van der Waals surface area contributed by atoms with E-state index in [1.165, 1.54) is 17.0 Å². The molecule has 1 saturated heterocycles. The van der Waals surface area contributed by atoms with E-state index in [0.29, 0.717) is 11.6 Å². The predicted octanol–water partition coefficient (Wildman–Crippen LogP) is 0.849. The number of carbonyl (C=O) groups is 1. The predicted molar refractivity (Wildman–Crippen MR) is 67.8 cm³/mol. The molecule has 0 aliphatic carbocycles. The van der Waals surface area contributed by atoms with Crippen LogP contribution in [0.15, 0.2) is 29.2 Å². The molecule has 0 spiro atoms. The van der Waals surface area contributed by atoms with Crippen molar-refractivity contribution in [3.8, 4) is 0 Å². The number of hydrogen-bond acceptors (Lipinski definition) is 3. The molecule has 0 bridgehead atoms. The molecule has 1 N–H and O–H groups in total. The molecule has 1 aromatic rings. The Hall–Kier alpha value is -1.11. The molecule has 1 atom stereocenters. The summed E-state index contributed by atoms with van der Waals surface area (Å²) in [5.41, 5.74) is 0. The monoisotopic (exact) mass is 288 g/mol. The maximum atomic E-state index is 12.1. The van der Waals surface area contributed by atoms with E-state index in [9.17, 15) is 13.2 Å². The molecule has 1 aliphatic heterocycles. The van der Waals surface area contributed by atoms with Crippen LogP contribution in [-0.4, -0.2) is 38.9 Å². The van der Waals surface area contributed by atoms with E-state index in [-0.39, 0.29) is 23.3 Å². The lowest BCUT2D eigenvalue weighted by Gasteiger charge is -2.13. The van der Waals surface area contributed by atoms with Crippen LogP contribution in [0.2, 0.25) is 5.02 Å². The van der Waals surface area contributed by atoms with Gasteiger partial charge in [-0.15, -0.1) is 0 Å². The van der Waals surface area contributed by atoms with Crippen molar-refractivity contribution in [2.45, 2.75) is 17.4 Å². The largest absolute Gasteiger partial charge is 0.344 e. The van der Waals surface area contributed by atoms with Crippen molar-refractivity contribution in [1.82, 2.24) is 9.62 Å². The van der Waals surface area contributed by atoms with Crippen LogP contribution in [0, 0.1) is 0 Å². The van der Waals surface area contributed by atoms with Gasteiger partial charge in [-0.2, -0.15) is 0 Å². The Morgan fingerprint density at radius 2 is 2.17 bits per heavy atom. The van der Waals surface area contributed by atoms with Crippen molar-refractivity contribution in [2.75, 3.05) is 13.6 Å². The fraction of sp³-hybridized carbons (Fsp3) is 0.364. The molecule has 1 amide bonds.